The van der Waals surface area contributed by atoms with E-state index in [1.54, 1.807) is 31.3 Å². The molecule has 1 aliphatic rings. The maximum atomic E-state index is 11.6. The van der Waals surface area contributed by atoms with Crippen molar-refractivity contribution in [1.29, 1.82) is 0 Å². The van der Waals surface area contributed by atoms with E-state index in [1.165, 1.54) is 0 Å². The van der Waals surface area contributed by atoms with E-state index in [0.29, 0.717) is 18.2 Å². The van der Waals surface area contributed by atoms with E-state index in [1.807, 2.05) is 18.2 Å². The molecule has 0 radical (unpaired) electrons. The summed E-state index contributed by atoms with van der Waals surface area (Å²) in [6.45, 7) is 0. The molecule has 20 heavy (non-hydrogen) atoms. The predicted molar refractivity (Wildman–Crippen MR) is 75.4 cm³/mol. The number of methoxy groups -OCH3 is 1. The number of likely N-dealkylation sites (N-methyl/N-ethyl adjacent to an activating group) is 1. The van der Waals surface area contributed by atoms with Gasteiger partial charge in [0.2, 0.25) is 17.7 Å². The second-order valence-electron chi connectivity index (χ2n) is 4.52. The first-order valence-electron chi connectivity index (χ1n) is 6.21. The highest BCUT2D eigenvalue weighted by molar-refractivity contribution is 6.01. The van der Waals surface area contributed by atoms with Crippen LogP contribution >= 0.6 is 0 Å². The molecule has 6 heteroatoms. The fourth-order valence-corrected chi connectivity index (χ4v) is 2.19. The minimum atomic E-state index is 0.106. The zero-order chi connectivity index (χ0) is 14.1. The molecular weight excluding hydrogens is 256 g/mol. The molecule has 0 aliphatic carbocycles. The molecule has 1 N–H and O–H groups in total. The van der Waals surface area contributed by atoms with Crippen molar-refractivity contribution in [2.75, 3.05) is 24.4 Å². The zero-order valence-electron chi connectivity index (χ0n) is 11.3. The van der Waals surface area contributed by atoms with Crippen molar-refractivity contribution < 1.29 is 9.53 Å². The van der Waals surface area contributed by atoms with Crippen LogP contribution in [0.3, 0.4) is 0 Å². The number of aromatic nitrogens is 2. The number of hydrogen-bond acceptors (Lipinski definition) is 5. The number of carbonyl (C=O) groups is 1. The SMILES string of the molecule is COc1ccnc(Nc2ccc3c(c2)CC(=O)N3C)n1. The lowest BCUT2D eigenvalue weighted by atomic mass is 10.1. The number of hydrogen-bond donors (Lipinski definition) is 1. The third-order valence-corrected chi connectivity index (χ3v) is 3.25. The zero-order valence-corrected chi connectivity index (χ0v) is 11.3. The van der Waals surface area contributed by atoms with Gasteiger partial charge in [-0.25, -0.2) is 4.98 Å². The number of nitrogens with one attached hydrogen (secondary N) is 1. The Balaban J connectivity index is 1.86. The summed E-state index contributed by atoms with van der Waals surface area (Å²) in [5.41, 5.74) is 2.80. The lowest BCUT2D eigenvalue weighted by Crippen LogP contribution is -2.20. The summed E-state index contributed by atoms with van der Waals surface area (Å²) in [6.07, 6.45) is 2.05. The summed E-state index contributed by atoms with van der Waals surface area (Å²) in [4.78, 5) is 21.6. The van der Waals surface area contributed by atoms with E-state index in [9.17, 15) is 4.79 Å². The van der Waals surface area contributed by atoms with E-state index < -0.39 is 0 Å². The first-order chi connectivity index (χ1) is 9.67. The number of nitrogens with zero attached hydrogens (tertiary/aromatic N) is 3. The molecular formula is C14H14N4O2. The topological polar surface area (TPSA) is 67.3 Å². The van der Waals surface area contributed by atoms with Crippen molar-refractivity contribution in [2.45, 2.75) is 6.42 Å². The van der Waals surface area contributed by atoms with E-state index in [4.69, 9.17) is 4.74 Å². The molecule has 0 atom stereocenters. The maximum absolute atomic E-state index is 11.6. The highest BCUT2D eigenvalue weighted by Gasteiger charge is 2.23. The molecule has 0 saturated carbocycles. The van der Waals surface area contributed by atoms with Gasteiger partial charge in [0.15, 0.2) is 0 Å². The fourth-order valence-electron chi connectivity index (χ4n) is 2.19. The van der Waals surface area contributed by atoms with Gasteiger partial charge in [0.25, 0.3) is 0 Å². The minimum absolute atomic E-state index is 0.106. The summed E-state index contributed by atoms with van der Waals surface area (Å²) in [7, 11) is 3.34. The lowest BCUT2D eigenvalue weighted by Gasteiger charge is -2.11. The number of anilines is 3. The second kappa shape index (κ2) is 4.80. The standard InChI is InChI=1S/C14H14N4O2/c1-18-11-4-3-10(7-9(11)8-13(18)19)16-14-15-6-5-12(17-14)20-2/h3-7H,8H2,1-2H3,(H,15,16,17). The summed E-state index contributed by atoms with van der Waals surface area (Å²) in [6, 6.07) is 7.45. The van der Waals surface area contributed by atoms with Crippen LogP contribution in [-0.2, 0) is 11.2 Å². The van der Waals surface area contributed by atoms with Gasteiger partial charge in [-0.05, 0) is 23.8 Å². The molecule has 0 bridgehead atoms. The average molecular weight is 270 g/mol. The smallest absolute Gasteiger partial charge is 0.231 e. The monoisotopic (exact) mass is 270 g/mol. The third-order valence-electron chi connectivity index (χ3n) is 3.25. The quantitative estimate of drug-likeness (QED) is 0.920. The van der Waals surface area contributed by atoms with Gasteiger partial charge in [0.1, 0.15) is 0 Å². The van der Waals surface area contributed by atoms with Crippen LogP contribution in [0.4, 0.5) is 17.3 Å². The minimum Gasteiger partial charge on any atom is -0.481 e. The van der Waals surface area contributed by atoms with E-state index in [2.05, 4.69) is 15.3 Å². The molecule has 0 spiro atoms. The first kappa shape index (κ1) is 12.4. The Kier molecular flexibility index (Phi) is 2.98. The molecule has 2 aromatic rings. The molecule has 0 unspecified atom stereocenters. The Bertz CT molecular complexity index is 672. The number of fused-ring (bicyclic) bond motifs is 1. The summed E-state index contributed by atoms with van der Waals surface area (Å²) >= 11 is 0. The van der Waals surface area contributed by atoms with Crippen molar-refractivity contribution in [3.63, 3.8) is 0 Å². The highest BCUT2D eigenvalue weighted by atomic mass is 16.5. The number of carbonyl (C=O) groups excluding carboxylic acids is 1. The van der Waals surface area contributed by atoms with Gasteiger partial charge in [-0.2, -0.15) is 4.98 Å². The van der Waals surface area contributed by atoms with Crippen LogP contribution in [0.5, 0.6) is 5.88 Å². The Morgan fingerprint density at radius 2 is 2.20 bits per heavy atom. The summed E-state index contributed by atoms with van der Waals surface area (Å²) in [5.74, 6) is 1.07. The van der Waals surface area contributed by atoms with E-state index in [-0.39, 0.29) is 5.91 Å². The predicted octanol–water partition coefficient (Wildman–Crippen LogP) is 1.75. The molecule has 1 aliphatic heterocycles. The lowest BCUT2D eigenvalue weighted by molar-refractivity contribution is -0.117. The van der Waals surface area contributed by atoms with Crippen molar-refractivity contribution in [3.8, 4) is 5.88 Å². The summed E-state index contributed by atoms with van der Waals surface area (Å²) < 4.78 is 5.05. The molecule has 2 heterocycles. The molecule has 1 aromatic heterocycles. The van der Waals surface area contributed by atoms with Crippen molar-refractivity contribution in [2.24, 2.45) is 0 Å². The van der Waals surface area contributed by atoms with Crippen LogP contribution in [0.25, 0.3) is 0 Å². The van der Waals surface area contributed by atoms with Crippen LogP contribution in [0.2, 0.25) is 0 Å². The maximum Gasteiger partial charge on any atom is 0.231 e. The highest BCUT2D eigenvalue weighted by Crippen LogP contribution is 2.30. The van der Waals surface area contributed by atoms with Crippen LogP contribution in [0, 0.1) is 0 Å². The molecule has 0 fully saturated rings. The van der Waals surface area contributed by atoms with Crippen LogP contribution in [0.1, 0.15) is 5.56 Å². The first-order valence-corrected chi connectivity index (χ1v) is 6.21. The molecule has 1 aromatic carbocycles. The van der Waals surface area contributed by atoms with Gasteiger partial charge in [0.05, 0.1) is 13.5 Å². The number of ether oxygens (including phenoxy) is 1. The number of benzene rings is 1. The molecule has 6 nitrogen and oxygen atoms in total. The van der Waals surface area contributed by atoms with Gasteiger partial charge in [-0.3, -0.25) is 4.79 Å². The molecule has 0 saturated heterocycles. The Labute approximate surface area is 116 Å². The molecule has 1 amide bonds. The largest absolute Gasteiger partial charge is 0.481 e. The van der Waals surface area contributed by atoms with E-state index >= 15 is 0 Å². The number of rotatable bonds is 3. The second-order valence-corrected chi connectivity index (χ2v) is 4.52. The van der Waals surface area contributed by atoms with Crippen molar-refractivity contribution >= 4 is 23.2 Å². The van der Waals surface area contributed by atoms with Crippen LogP contribution in [-0.4, -0.2) is 30.0 Å². The van der Waals surface area contributed by atoms with Gasteiger partial charge < -0.3 is 15.0 Å². The van der Waals surface area contributed by atoms with Crippen LogP contribution in [0.15, 0.2) is 30.5 Å². The van der Waals surface area contributed by atoms with Gasteiger partial charge in [0, 0.05) is 30.7 Å². The van der Waals surface area contributed by atoms with E-state index in [0.717, 1.165) is 16.9 Å². The average Bonchev–Trinajstić information content (AvgIpc) is 2.74. The fraction of sp³-hybridized carbons (Fsp3) is 0.214. The summed E-state index contributed by atoms with van der Waals surface area (Å²) in [5, 5.41) is 3.11. The van der Waals surface area contributed by atoms with Crippen molar-refractivity contribution in [3.05, 3.63) is 36.0 Å². The molecule has 3 rings (SSSR count). The van der Waals surface area contributed by atoms with Crippen LogP contribution < -0.4 is 15.0 Å². The van der Waals surface area contributed by atoms with Gasteiger partial charge in [-0.1, -0.05) is 0 Å². The normalized spacial score (nSPS) is 13.3. The Morgan fingerprint density at radius 1 is 1.35 bits per heavy atom. The van der Waals surface area contributed by atoms with Crippen molar-refractivity contribution in [1.82, 2.24) is 9.97 Å². The Hall–Kier alpha value is -2.63. The number of amides is 1. The Morgan fingerprint density at radius 3 is 3.00 bits per heavy atom. The molecule has 102 valence electrons. The van der Waals surface area contributed by atoms with Gasteiger partial charge >= 0.3 is 0 Å². The van der Waals surface area contributed by atoms with Gasteiger partial charge in [-0.15, -0.1) is 0 Å². The third kappa shape index (κ3) is 2.16.